The fourth-order valence-corrected chi connectivity index (χ4v) is 2.12. The van der Waals surface area contributed by atoms with Gasteiger partial charge < -0.3 is 10.1 Å². The summed E-state index contributed by atoms with van der Waals surface area (Å²) in [6, 6.07) is 5.17. The topological polar surface area (TPSA) is 21.3 Å². The molecule has 0 aliphatic heterocycles. The Labute approximate surface area is 111 Å². The third-order valence-electron chi connectivity index (χ3n) is 2.68. The molecule has 1 N–H and O–H groups in total. The maximum absolute atomic E-state index is 13.1. The zero-order valence-corrected chi connectivity index (χ0v) is 12.3. The van der Waals surface area contributed by atoms with Crippen LogP contribution >= 0.6 is 15.9 Å². The highest BCUT2D eigenvalue weighted by Gasteiger charge is 2.20. The van der Waals surface area contributed by atoms with E-state index in [0.717, 1.165) is 12.1 Å². The third-order valence-corrected chi connectivity index (χ3v) is 3.29. The van der Waals surface area contributed by atoms with Crippen molar-refractivity contribution >= 4 is 21.6 Å². The lowest BCUT2D eigenvalue weighted by atomic mass is 10.00. The van der Waals surface area contributed by atoms with Crippen molar-refractivity contribution in [2.45, 2.75) is 38.8 Å². The summed E-state index contributed by atoms with van der Waals surface area (Å²) in [4.78, 5) is 0. The molecule has 0 aliphatic carbocycles. The summed E-state index contributed by atoms with van der Waals surface area (Å²) < 4.78 is 18.9. The van der Waals surface area contributed by atoms with Crippen LogP contribution in [-0.2, 0) is 4.74 Å². The minimum absolute atomic E-state index is 0.163. The lowest BCUT2D eigenvalue weighted by Crippen LogP contribution is -2.31. The molecule has 0 heterocycles. The first-order chi connectivity index (χ1) is 7.84. The molecule has 17 heavy (non-hydrogen) atoms. The van der Waals surface area contributed by atoms with Crippen LogP contribution < -0.4 is 5.32 Å². The van der Waals surface area contributed by atoms with Crippen molar-refractivity contribution in [2.75, 3.05) is 12.4 Å². The molecule has 0 amide bonds. The van der Waals surface area contributed by atoms with E-state index in [1.165, 1.54) is 6.07 Å². The summed E-state index contributed by atoms with van der Waals surface area (Å²) in [7, 11) is 1.71. The summed E-state index contributed by atoms with van der Waals surface area (Å²) in [6.07, 6.45) is 0.874. The lowest BCUT2D eigenvalue weighted by Gasteiger charge is -2.27. The van der Waals surface area contributed by atoms with Gasteiger partial charge in [0.05, 0.1) is 10.1 Å². The van der Waals surface area contributed by atoms with Crippen molar-refractivity contribution in [3.63, 3.8) is 0 Å². The molecule has 0 radical (unpaired) electrons. The second kappa shape index (κ2) is 5.83. The number of hydrogen-bond donors (Lipinski definition) is 1. The molecule has 1 atom stereocenters. The van der Waals surface area contributed by atoms with Crippen molar-refractivity contribution in [2.24, 2.45) is 0 Å². The van der Waals surface area contributed by atoms with Gasteiger partial charge >= 0.3 is 0 Å². The number of rotatable bonds is 5. The van der Waals surface area contributed by atoms with Crippen LogP contribution in [-0.4, -0.2) is 18.8 Å². The Morgan fingerprint density at radius 1 is 1.47 bits per heavy atom. The van der Waals surface area contributed by atoms with Crippen molar-refractivity contribution in [1.82, 2.24) is 0 Å². The number of hydrogen-bond acceptors (Lipinski definition) is 2. The molecule has 0 aromatic heterocycles. The summed E-state index contributed by atoms with van der Waals surface area (Å²) in [5.41, 5.74) is 0.738. The average molecular weight is 304 g/mol. The molecule has 96 valence electrons. The SMILES string of the molecule is COC(C)(C)CC(C)Nc1ccc(F)c(Br)c1. The molecule has 0 bridgehead atoms. The Kier molecular flexibility index (Phi) is 4.95. The molecule has 4 heteroatoms. The molecule has 0 saturated carbocycles. The van der Waals surface area contributed by atoms with Gasteiger partial charge in [-0.05, 0) is 61.3 Å². The van der Waals surface area contributed by atoms with E-state index in [0.29, 0.717) is 4.47 Å². The van der Waals surface area contributed by atoms with Crippen molar-refractivity contribution in [1.29, 1.82) is 0 Å². The second-order valence-electron chi connectivity index (χ2n) is 4.84. The number of benzene rings is 1. The van der Waals surface area contributed by atoms with E-state index in [1.807, 2.05) is 13.8 Å². The molecule has 1 unspecified atom stereocenters. The summed E-state index contributed by atoms with van der Waals surface area (Å²) >= 11 is 3.17. The third kappa shape index (κ3) is 4.64. The average Bonchev–Trinajstić information content (AvgIpc) is 2.23. The standard InChI is InChI=1S/C13H19BrFNO/c1-9(8-13(2,3)17-4)16-10-5-6-12(15)11(14)7-10/h5-7,9,16H,8H2,1-4H3. The van der Waals surface area contributed by atoms with Crippen LogP contribution in [0.4, 0.5) is 10.1 Å². The summed E-state index contributed by atoms with van der Waals surface area (Å²) in [6.45, 7) is 6.18. The molecule has 1 rings (SSSR count). The highest BCUT2D eigenvalue weighted by atomic mass is 79.9. The molecule has 2 nitrogen and oxygen atoms in total. The maximum Gasteiger partial charge on any atom is 0.137 e. The molecule has 0 spiro atoms. The fraction of sp³-hybridized carbons (Fsp3) is 0.538. The Balaban J connectivity index is 2.62. The van der Waals surface area contributed by atoms with Gasteiger partial charge in [-0.2, -0.15) is 0 Å². The van der Waals surface area contributed by atoms with Crippen LogP contribution in [0.15, 0.2) is 22.7 Å². The number of halogens is 2. The molecule has 1 aromatic rings. The zero-order valence-electron chi connectivity index (χ0n) is 10.7. The number of anilines is 1. The van der Waals surface area contributed by atoms with E-state index < -0.39 is 0 Å². The molecule has 1 aromatic carbocycles. The zero-order chi connectivity index (χ0) is 13.1. The van der Waals surface area contributed by atoms with Gasteiger partial charge in [0, 0.05) is 18.8 Å². The van der Waals surface area contributed by atoms with Crippen LogP contribution in [0.2, 0.25) is 0 Å². The van der Waals surface area contributed by atoms with Gasteiger partial charge in [0.15, 0.2) is 0 Å². The van der Waals surface area contributed by atoms with Gasteiger partial charge in [0.2, 0.25) is 0 Å². The Bertz CT molecular complexity index is 382. The first kappa shape index (κ1) is 14.5. The normalized spacial score (nSPS) is 13.5. The molecular formula is C13H19BrFNO. The number of methoxy groups -OCH3 is 1. The fourth-order valence-electron chi connectivity index (χ4n) is 1.74. The highest BCUT2D eigenvalue weighted by Crippen LogP contribution is 2.22. The van der Waals surface area contributed by atoms with E-state index >= 15 is 0 Å². The Morgan fingerprint density at radius 3 is 2.65 bits per heavy atom. The van der Waals surface area contributed by atoms with Gasteiger partial charge in [-0.15, -0.1) is 0 Å². The number of ether oxygens (including phenoxy) is 1. The molecular weight excluding hydrogens is 285 g/mol. The number of nitrogens with one attached hydrogen (secondary N) is 1. The Hall–Kier alpha value is -0.610. The van der Waals surface area contributed by atoms with Gasteiger partial charge in [0.25, 0.3) is 0 Å². The molecule has 0 aliphatic rings. The minimum atomic E-state index is -0.250. The van der Waals surface area contributed by atoms with Crippen molar-refractivity contribution in [3.8, 4) is 0 Å². The smallest absolute Gasteiger partial charge is 0.137 e. The van der Waals surface area contributed by atoms with E-state index in [-0.39, 0.29) is 17.5 Å². The van der Waals surface area contributed by atoms with E-state index in [2.05, 4.69) is 28.2 Å². The quantitative estimate of drug-likeness (QED) is 0.880. The monoisotopic (exact) mass is 303 g/mol. The first-order valence-electron chi connectivity index (χ1n) is 5.61. The second-order valence-corrected chi connectivity index (χ2v) is 5.70. The van der Waals surface area contributed by atoms with Gasteiger partial charge in [-0.3, -0.25) is 0 Å². The van der Waals surface area contributed by atoms with E-state index in [4.69, 9.17) is 4.74 Å². The van der Waals surface area contributed by atoms with Gasteiger partial charge in [-0.25, -0.2) is 4.39 Å². The van der Waals surface area contributed by atoms with Crippen LogP contribution in [0, 0.1) is 5.82 Å². The predicted octanol–water partition coefficient (Wildman–Crippen LogP) is 4.20. The highest BCUT2D eigenvalue weighted by molar-refractivity contribution is 9.10. The predicted molar refractivity (Wildman–Crippen MR) is 72.9 cm³/mol. The van der Waals surface area contributed by atoms with Crippen LogP contribution in [0.3, 0.4) is 0 Å². The molecule has 0 fully saturated rings. The summed E-state index contributed by atoms with van der Waals surface area (Å²) in [5.74, 6) is -0.250. The van der Waals surface area contributed by atoms with Crippen molar-refractivity contribution in [3.05, 3.63) is 28.5 Å². The first-order valence-corrected chi connectivity index (χ1v) is 6.40. The maximum atomic E-state index is 13.1. The Morgan fingerprint density at radius 2 is 2.12 bits per heavy atom. The van der Waals surface area contributed by atoms with Gasteiger partial charge in [-0.1, -0.05) is 0 Å². The lowest BCUT2D eigenvalue weighted by molar-refractivity contribution is 0.0128. The molecule has 0 saturated heterocycles. The summed E-state index contributed by atoms with van der Waals surface area (Å²) in [5, 5.41) is 3.32. The van der Waals surface area contributed by atoms with Crippen LogP contribution in [0.5, 0.6) is 0 Å². The van der Waals surface area contributed by atoms with E-state index in [9.17, 15) is 4.39 Å². The van der Waals surface area contributed by atoms with E-state index in [1.54, 1.807) is 19.2 Å². The van der Waals surface area contributed by atoms with Crippen LogP contribution in [0.1, 0.15) is 27.2 Å². The van der Waals surface area contributed by atoms with Crippen molar-refractivity contribution < 1.29 is 9.13 Å². The van der Waals surface area contributed by atoms with Crippen LogP contribution in [0.25, 0.3) is 0 Å². The minimum Gasteiger partial charge on any atom is -0.382 e. The largest absolute Gasteiger partial charge is 0.382 e. The van der Waals surface area contributed by atoms with Gasteiger partial charge in [0.1, 0.15) is 5.82 Å².